The van der Waals surface area contributed by atoms with Crippen LogP contribution in [0.2, 0.25) is 0 Å². The molecule has 0 saturated carbocycles. The van der Waals surface area contributed by atoms with Crippen LogP contribution in [0, 0.1) is 13.8 Å². The quantitative estimate of drug-likeness (QED) is 0.673. The van der Waals surface area contributed by atoms with E-state index in [-0.39, 0.29) is 5.78 Å². The van der Waals surface area contributed by atoms with Crippen LogP contribution < -0.4 is 0 Å². The van der Waals surface area contributed by atoms with Gasteiger partial charge in [0.1, 0.15) is 0 Å². The number of aromatic nitrogens is 1. The topological polar surface area (TPSA) is 22.0 Å². The van der Waals surface area contributed by atoms with Gasteiger partial charge in [0.2, 0.25) is 0 Å². The SMILES string of the molecule is CCn1c(C)cc(/C=C/C(C)=O)c1C. The van der Waals surface area contributed by atoms with Crippen molar-refractivity contribution >= 4 is 11.9 Å². The second kappa shape index (κ2) is 4.27. The summed E-state index contributed by atoms with van der Waals surface area (Å²) < 4.78 is 2.24. The summed E-state index contributed by atoms with van der Waals surface area (Å²) in [6.45, 7) is 8.83. The Kier molecular flexibility index (Phi) is 3.28. The minimum atomic E-state index is 0.0892. The van der Waals surface area contributed by atoms with Gasteiger partial charge in [-0.25, -0.2) is 0 Å². The van der Waals surface area contributed by atoms with Gasteiger partial charge in [-0.05, 0) is 51.5 Å². The molecule has 14 heavy (non-hydrogen) atoms. The smallest absolute Gasteiger partial charge is 0.152 e. The molecule has 0 amide bonds. The van der Waals surface area contributed by atoms with Crippen LogP contribution in [0.3, 0.4) is 0 Å². The van der Waals surface area contributed by atoms with Crippen LogP contribution in [0.15, 0.2) is 12.1 Å². The molecule has 0 bridgehead atoms. The molecule has 2 nitrogen and oxygen atoms in total. The summed E-state index contributed by atoms with van der Waals surface area (Å²) in [7, 11) is 0. The molecule has 1 aromatic rings. The minimum Gasteiger partial charge on any atom is -0.349 e. The van der Waals surface area contributed by atoms with Crippen LogP contribution >= 0.6 is 0 Å². The Labute approximate surface area is 85.2 Å². The maximum absolute atomic E-state index is 10.8. The first-order valence-corrected chi connectivity index (χ1v) is 4.91. The summed E-state index contributed by atoms with van der Waals surface area (Å²) in [5, 5.41) is 0. The van der Waals surface area contributed by atoms with Crippen LogP contribution in [-0.2, 0) is 11.3 Å². The highest BCUT2D eigenvalue weighted by Gasteiger charge is 2.04. The van der Waals surface area contributed by atoms with E-state index in [9.17, 15) is 4.79 Å². The zero-order valence-electron chi connectivity index (χ0n) is 9.29. The molecule has 1 heterocycles. The van der Waals surface area contributed by atoms with E-state index in [1.165, 1.54) is 11.4 Å². The zero-order chi connectivity index (χ0) is 10.7. The van der Waals surface area contributed by atoms with E-state index < -0.39 is 0 Å². The number of carbonyl (C=O) groups excluding carboxylic acids is 1. The van der Waals surface area contributed by atoms with Crippen molar-refractivity contribution in [1.29, 1.82) is 0 Å². The molecule has 0 unspecified atom stereocenters. The molecule has 0 aliphatic rings. The molecule has 0 fully saturated rings. The van der Waals surface area contributed by atoms with Crippen molar-refractivity contribution in [3.63, 3.8) is 0 Å². The monoisotopic (exact) mass is 191 g/mol. The largest absolute Gasteiger partial charge is 0.349 e. The Hall–Kier alpha value is -1.31. The molecular weight excluding hydrogens is 174 g/mol. The number of allylic oxidation sites excluding steroid dienone is 1. The van der Waals surface area contributed by atoms with Crippen molar-refractivity contribution < 1.29 is 4.79 Å². The number of nitrogens with zero attached hydrogens (tertiary/aromatic N) is 1. The van der Waals surface area contributed by atoms with Crippen LogP contribution in [0.4, 0.5) is 0 Å². The molecule has 76 valence electrons. The van der Waals surface area contributed by atoms with Crippen molar-refractivity contribution in [2.45, 2.75) is 34.2 Å². The van der Waals surface area contributed by atoms with Crippen LogP contribution in [-0.4, -0.2) is 10.4 Å². The zero-order valence-corrected chi connectivity index (χ0v) is 9.29. The van der Waals surface area contributed by atoms with Gasteiger partial charge >= 0.3 is 0 Å². The lowest BCUT2D eigenvalue weighted by Crippen LogP contribution is -1.98. The van der Waals surface area contributed by atoms with Gasteiger partial charge in [-0.1, -0.05) is 0 Å². The molecule has 1 aromatic heterocycles. The van der Waals surface area contributed by atoms with Crippen molar-refractivity contribution in [3.8, 4) is 0 Å². The summed E-state index contributed by atoms with van der Waals surface area (Å²) in [6.07, 6.45) is 3.50. The molecule has 0 aliphatic carbocycles. The van der Waals surface area contributed by atoms with E-state index in [2.05, 4.69) is 31.4 Å². The van der Waals surface area contributed by atoms with Gasteiger partial charge in [-0.3, -0.25) is 4.79 Å². The van der Waals surface area contributed by atoms with E-state index in [1.807, 2.05) is 6.08 Å². The third-order valence-corrected chi connectivity index (χ3v) is 2.43. The summed E-state index contributed by atoms with van der Waals surface area (Å²) >= 11 is 0. The Balaban J connectivity index is 3.05. The lowest BCUT2D eigenvalue weighted by molar-refractivity contribution is -0.112. The van der Waals surface area contributed by atoms with E-state index in [1.54, 1.807) is 13.0 Å². The number of rotatable bonds is 3. The second-order valence-electron chi connectivity index (χ2n) is 3.51. The third kappa shape index (κ3) is 2.13. The predicted molar refractivity (Wildman–Crippen MR) is 59.3 cm³/mol. The second-order valence-corrected chi connectivity index (χ2v) is 3.51. The van der Waals surface area contributed by atoms with Gasteiger partial charge < -0.3 is 4.57 Å². The summed E-state index contributed by atoms with van der Waals surface area (Å²) in [5.41, 5.74) is 3.61. The van der Waals surface area contributed by atoms with Crippen LogP contribution in [0.25, 0.3) is 6.08 Å². The number of carbonyl (C=O) groups is 1. The van der Waals surface area contributed by atoms with Gasteiger partial charge in [-0.15, -0.1) is 0 Å². The normalized spacial score (nSPS) is 11.1. The van der Waals surface area contributed by atoms with Crippen molar-refractivity contribution in [2.75, 3.05) is 0 Å². The summed E-state index contributed by atoms with van der Waals surface area (Å²) in [6, 6.07) is 2.11. The molecule has 0 radical (unpaired) electrons. The molecule has 0 atom stereocenters. The average Bonchev–Trinajstić information content (AvgIpc) is 2.38. The molecule has 0 spiro atoms. The average molecular weight is 191 g/mol. The fourth-order valence-corrected chi connectivity index (χ4v) is 1.69. The van der Waals surface area contributed by atoms with E-state index in [0.717, 1.165) is 12.1 Å². The minimum absolute atomic E-state index is 0.0892. The Morgan fingerprint density at radius 1 is 1.50 bits per heavy atom. The number of hydrogen-bond acceptors (Lipinski definition) is 1. The van der Waals surface area contributed by atoms with E-state index in [4.69, 9.17) is 0 Å². The fraction of sp³-hybridized carbons (Fsp3) is 0.417. The standard InChI is InChI=1S/C12H17NO/c1-5-13-9(2)8-12(11(13)4)7-6-10(3)14/h6-8H,5H2,1-4H3/b7-6+. The molecule has 1 rings (SSSR count). The molecular formula is C12H17NO. The van der Waals surface area contributed by atoms with Gasteiger partial charge in [0.15, 0.2) is 5.78 Å². The Morgan fingerprint density at radius 2 is 2.14 bits per heavy atom. The fourth-order valence-electron chi connectivity index (χ4n) is 1.69. The molecule has 0 aromatic carbocycles. The third-order valence-electron chi connectivity index (χ3n) is 2.43. The molecule has 0 N–H and O–H groups in total. The molecule has 0 saturated heterocycles. The number of ketones is 1. The van der Waals surface area contributed by atoms with Gasteiger partial charge in [0.05, 0.1) is 0 Å². The Bertz CT molecular complexity index is 372. The van der Waals surface area contributed by atoms with Crippen molar-refractivity contribution in [3.05, 3.63) is 29.1 Å². The number of hydrogen-bond donors (Lipinski definition) is 0. The molecule has 0 aliphatic heterocycles. The van der Waals surface area contributed by atoms with E-state index in [0.29, 0.717) is 0 Å². The predicted octanol–water partition coefficient (Wildman–Crippen LogP) is 2.73. The number of aryl methyl sites for hydroxylation is 1. The van der Waals surface area contributed by atoms with Crippen LogP contribution in [0.5, 0.6) is 0 Å². The first-order chi connectivity index (χ1) is 6.56. The van der Waals surface area contributed by atoms with Gasteiger partial charge in [-0.2, -0.15) is 0 Å². The van der Waals surface area contributed by atoms with Gasteiger partial charge in [0.25, 0.3) is 0 Å². The van der Waals surface area contributed by atoms with Gasteiger partial charge in [0, 0.05) is 17.9 Å². The summed E-state index contributed by atoms with van der Waals surface area (Å²) in [5.74, 6) is 0.0892. The first kappa shape index (κ1) is 10.8. The highest BCUT2D eigenvalue weighted by molar-refractivity contribution is 5.91. The maximum atomic E-state index is 10.8. The lowest BCUT2D eigenvalue weighted by Gasteiger charge is -2.04. The highest BCUT2D eigenvalue weighted by Crippen LogP contribution is 2.16. The summed E-state index contributed by atoms with van der Waals surface area (Å²) in [4.78, 5) is 10.8. The molecule has 2 heteroatoms. The first-order valence-electron chi connectivity index (χ1n) is 4.91. The van der Waals surface area contributed by atoms with Crippen molar-refractivity contribution in [1.82, 2.24) is 4.57 Å². The lowest BCUT2D eigenvalue weighted by atomic mass is 10.2. The highest BCUT2D eigenvalue weighted by atomic mass is 16.1. The van der Waals surface area contributed by atoms with Crippen LogP contribution in [0.1, 0.15) is 30.8 Å². The van der Waals surface area contributed by atoms with Crippen molar-refractivity contribution in [2.24, 2.45) is 0 Å². The Morgan fingerprint density at radius 3 is 2.57 bits per heavy atom. The van der Waals surface area contributed by atoms with E-state index >= 15 is 0 Å². The maximum Gasteiger partial charge on any atom is 0.152 e.